The number of anilines is 2. The Morgan fingerprint density at radius 3 is 2.58 bits per heavy atom. The molecule has 1 aromatic heterocycles. The molecule has 1 aliphatic heterocycles. The monoisotopic (exact) mass is 392 g/mol. The number of hydrogen-bond donors (Lipinski definition) is 1. The molecule has 3 rings (SSSR count). The number of nitrogens with zero attached hydrogens (tertiary/aromatic N) is 3. The number of amides is 1. The lowest BCUT2D eigenvalue weighted by molar-refractivity contribution is 0.0303. The van der Waals surface area contributed by atoms with Gasteiger partial charge in [-0.2, -0.15) is 0 Å². The minimum absolute atomic E-state index is 0.0126. The van der Waals surface area contributed by atoms with Gasteiger partial charge in [0.05, 0.1) is 13.2 Å². The average Bonchev–Trinajstić information content (AvgIpc) is 2.60. The Morgan fingerprint density at radius 2 is 1.92 bits per heavy atom. The van der Waals surface area contributed by atoms with E-state index in [9.17, 15) is 9.59 Å². The first-order valence-corrected chi connectivity index (χ1v) is 8.31. The van der Waals surface area contributed by atoms with E-state index in [1.807, 2.05) is 0 Å². The fourth-order valence-corrected chi connectivity index (χ4v) is 2.92. The summed E-state index contributed by atoms with van der Waals surface area (Å²) < 4.78 is 7.26. The third-order valence-electron chi connectivity index (χ3n) is 3.73. The van der Waals surface area contributed by atoms with E-state index >= 15 is 0 Å². The van der Waals surface area contributed by atoms with Crippen molar-refractivity contribution in [3.05, 3.63) is 51.0 Å². The maximum absolute atomic E-state index is 12.4. The SMILES string of the molecule is Cn1cc(Br)nc(Nc2ccc(C(=O)N3CCOCC3)cc2)c1=O. The molecule has 1 saturated heterocycles. The standard InChI is InChI=1S/C16H17BrN4O3/c1-20-10-13(17)19-14(16(20)23)18-12-4-2-11(3-5-12)15(22)21-6-8-24-9-7-21/h2-5,10H,6-9H2,1H3,(H,18,19). The van der Waals surface area contributed by atoms with Gasteiger partial charge in [-0.05, 0) is 40.2 Å². The van der Waals surface area contributed by atoms with Crippen LogP contribution in [0.1, 0.15) is 10.4 Å². The number of ether oxygens (including phenoxy) is 1. The number of halogens is 1. The molecule has 1 aromatic carbocycles. The summed E-state index contributed by atoms with van der Waals surface area (Å²) in [5, 5.41) is 2.98. The Morgan fingerprint density at radius 1 is 1.25 bits per heavy atom. The second-order valence-corrected chi connectivity index (χ2v) is 6.25. The Kier molecular flexibility index (Phi) is 4.96. The highest BCUT2D eigenvalue weighted by molar-refractivity contribution is 9.10. The van der Waals surface area contributed by atoms with Crippen molar-refractivity contribution in [1.82, 2.24) is 14.5 Å². The van der Waals surface area contributed by atoms with Gasteiger partial charge >= 0.3 is 0 Å². The van der Waals surface area contributed by atoms with Gasteiger partial charge in [0.25, 0.3) is 11.5 Å². The lowest BCUT2D eigenvalue weighted by atomic mass is 10.1. The van der Waals surface area contributed by atoms with Crippen molar-refractivity contribution in [1.29, 1.82) is 0 Å². The highest BCUT2D eigenvalue weighted by atomic mass is 79.9. The molecule has 8 heteroatoms. The van der Waals surface area contributed by atoms with Crippen LogP contribution in [0.4, 0.5) is 11.5 Å². The summed E-state index contributed by atoms with van der Waals surface area (Å²) in [6.45, 7) is 2.36. The molecule has 24 heavy (non-hydrogen) atoms. The van der Waals surface area contributed by atoms with Gasteiger partial charge in [0, 0.05) is 37.6 Å². The maximum atomic E-state index is 12.4. The van der Waals surface area contributed by atoms with Crippen LogP contribution in [0.3, 0.4) is 0 Å². The van der Waals surface area contributed by atoms with Gasteiger partial charge in [-0.1, -0.05) is 0 Å². The number of nitrogens with one attached hydrogen (secondary N) is 1. The molecule has 0 bridgehead atoms. The highest BCUT2D eigenvalue weighted by Crippen LogP contribution is 2.16. The lowest BCUT2D eigenvalue weighted by Crippen LogP contribution is -2.40. The van der Waals surface area contributed by atoms with Crippen LogP contribution >= 0.6 is 15.9 Å². The second kappa shape index (κ2) is 7.14. The van der Waals surface area contributed by atoms with Gasteiger partial charge in [0.2, 0.25) is 0 Å². The summed E-state index contributed by atoms with van der Waals surface area (Å²) in [5.74, 6) is 0.209. The van der Waals surface area contributed by atoms with Crippen LogP contribution in [-0.4, -0.2) is 46.7 Å². The predicted octanol–water partition coefficient (Wildman–Crippen LogP) is 1.76. The summed E-state index contributed by atoms with van der Waals surface area (Å²) >= 11 is 3.26. The number of carbonyl (C=O) groups is 1. The molecule has 0 radical (unpaired) electrons. The summed E-state index contributed by atoms with van der Waals surface area (Å²) in [5.41, 5.74) is 1.07. The van der Waals surface area contributed by atoms with E-state index in [1.165, 1.54) is 4.57 Å². The van der Waals surface area contributed by atoms with Gasteiger partial charge in [-0.15, -0.1) is 0 Å². The average molecular weight is 393 g/mol. The number of benzene rings is 1. The fraction of sp³-hybridized carbons (Fsp3) is 0.312. The van der Waals surface area contributed by atoms with Crippen LogP contribution in [0.5, 0.6) is 0 Å². The van der Waals surface area contributed by atoms with Crippen LogP contribution in [0.15, 0.2) is 39.9 Å². The minimum atomic E-state index is -0.230. The number of hydrogen-bond acceptors (Lipinski definition) is 5. The molecule has 2 aromatic rings. The summed E-state index contributed by atoms with van der Waals surface area (Å²) in [4.78, 5) is 30.4. The van der Waals surface area contributed by atoms with Crippen molar-refractivity contribution in [2.75, 3.05) is 31.6 Å². The van der Waals surface area contributed by atoms with Crippen molar-refractivity contribution < 1.29 is 9.53 Å². The highest BCUT2D eigenvalue weighted by Gasteiger charge is 2.18. The molecule has 0 unspecified atom stereocenters. The smallest absolute Gasteiger partial charge is 0.293 e. The number of carbonyl (C=O) groups excluding carboxylic acids is 1. The van der Waals surface area contributed by atoms with E-state index in [-0.39, 0.29) is 17.3 Å². The first-order chi connectivity index (χ1) is 11.5. The predicted molar refractivity (Wildman–Crippen MR) is 93.6 cm³/mol. The van der Waals surface area contributed by atoms with Crippen molar-refractivity contribution in [3.63, 3.8) is 0 Å². The molecule has 1 aliphatic rings. The molecule has 7 nitrogen and oxygen atoms in total. The molecule has 1 N–H and O–H groups in total. The molecule has 1 amide bonds. The zero-order valence-electron chi connectivity index (χ0n) is 13.2. The lowest BCUT2D eigenvalue weighted by Gasteiger charge is -2.26. The van der Waals surface area contributed by atoms with E-state index in [0.717, 1.165) is 0 Å². The van der Waals surface area contributed by atoms with E-state index < -0.39 is 0 Å². The van der Waals surface area contributed by atoms with Gasteiger partial charge in [0.15, 0.2) is 5.82 Å². The van der Waals surface area contributed by atoms with Crippen molar-refractivity contribution in [2.45, 2.75) is 0 Å². The summed E-state index contributed by atoms with van der Waals surface area (Å²) in [7, 11) is 1.66. The quantitative estimate of drug-likeness (QED) is 0.860. The van der Waals surface area contributed by atoms with Gasteiger partial charge in [-0.25, -0.2) is 4.98 Å². The van der Waals surface area contributed by atoms with Crippen molar-refractivity contribution in [2.24, 2.45) is 7.05 Å². The molecule has 1 fully saturated rings. The van der Waals surface area contributed by atoms with Crippen LogP contribution < -0.4 is 10.9 Å². The van der Waals surface area contributed by atoms with Gasteiger partial charge < -0.3 is 19.5 Å². The Balaban J connectivity index is 1.75. The first-order valence-electron chi connectivity index (χ1n) is 7.52. The topological polar surface area (TPSA) is 76.5 Å². The van der Waals surface area contributed by atoms with Crippen LogP contribution in [-0.2, 0) is 11.8 Å². The summed E-state index contributed by atoms with van der Waals surface area (Å²) in [6, 6.07) is 7.00. The molecule has 0 atom stereocenters. The van der Waals surface area contributed by atoms with E-state index in [2.05, 4.69) is 26.2 Å². The molecule has 0 saturated carbocycles. The number of rotatable bonds is 3. The van der Waals surface area contributed by atoms with Crippen LogP contribution in [0.2, 0.25) is 0 Å². The van der Waals surface area contributed by atoms with E-state index in [0.29, 0.717) is 42.2 Å². The fourth-order valence-electron chi connectivity index (χ4n) is 2.43. The zero-order chi connectivity index (χ0) is 17.1. The maximum Gasteiger partial charge on any atom is 0.293 e. The third-order valence-corrected chi connectivity index (χ3v) is 4.12. The third kappa shape index (κ3) is 3.65. The van der Waals surface area contributed by atoms with Gasteiger partial charge in [0.1, 0.15) is 4.60 Å². The zero-order valence-corrected chi connectivity index (χ0v) is 14.7. The first kappa shape index (κ1) is 16.7. The Labute approximate surface area is 147 Å². The van der Waals surface area contributed by atoms with E-state index in [1.54, 1.807) is 42.4 Å². The van der Waals surface area contributed by atoms with Crippen LogP contribution in [0, 0.1) is 0 Å². The minimum Gasteiger partial charge on any atom is -0.378 e. The molecule has 2 heterocycles. The molecule has 0 aliphatic carbocycles. The molecular formula is C16H17BrN4O3. The molecular weight excluding hydrogens is 376 g/mol. The molecule has 0 spiro atoms. The van der Waals surface area contributed by atoms with Crippen molar-refractivity contribution in [3.8, 4) is 0 Å². The van der Waals surface area contributed by atoms with E-state index in [4.69, 9.17) is 4.74 Å². The normalized spacial score (nSPS) is 14.5. The number of morpholine rings is 1. The Hall–Kier alpha value is -2.19. The largest absolute Gasteiger partial charge is 0.378 e. The van der Waals surface area contributed by atoms with Crippen molar-refractivity contribution >= 4 is 33.3 Å². The molecule has 126 valence electrons. The van der Waals surface area contributed by atoms with Crippen LogP contribution in [0.25, 0.3) is 0 Å². The summed E-state index contributed by atoms with van der Waals surface area (Å²) in [6.07, 6.45) is 1.59. The van der Waals surface area contributed by atoms with Gasteiger partial charge in [-0.3, -0.25) is 9.59 Å². The Bertz CT molecular complexity index is 798. The number of aryl methyl sites for hydroxylation is 1. The second-order valence-electron chi connectivity index (χ2n) is 5.44. The number of aromatic nitrogens is 2.